The molecule has 1 aliphatic carbocycles. The Bertz CT molecular complexity index is 7190. The van der Waals surface area contributed by atoms with Crippen LogP contribution < -0.4 is 0 Å². The van der Waals surface area contributed by atoms with E-state index in [1.807, 2.05) is 24.3 Å². The van der Waals surface area contributed by atoms with E-state index in [-0.39, 0.29) is 0 Å². The quantitative estimate of drug-likeness (QED) is 0.152. The number of para-hydroxylation sites is 8. The Hall–Kier alpha value is -14.2. The first kappa shape index (κ1) is 58.7. The van der Waals surface area contributed by atoms with E-state index < -0.39 is 5.41 Å². The highest BCUT2D eigenvalue weighted by atomic mass is 15.0. The second-order valence-electron chi connectivity index (χ2n) is 28.0. The molecule has 0 fully saturated rings. The van der Waals surface area contributed by atoms with E-state index in [0.717, 1.165) is 149 Å². The van der Waals surface area contributed by atoms with Crippen LogP contribution in [0.5, 0.6) is 0 Å². The van der Waals surface area contributed by atoms with Gasteiger partial charge in [0.2, 0.25) is 0 Å². The molecule has 0 atom stereocenters. The minimum absolute atomic E-state index is 0.435. The molecule has 0 amide bonds. The van der Waals surface area contributed by atoms with Crippen molar-refractivity contribution >= 4 is 109 Å². The van der Waals surface area contributed by atoms with E-state index in [9.17, 15) is 15.8 Å². The summed E-state index contributed by atoms with van der Waals surface area (Å²) in [6, 6.07) is 120. The molecular weight excluding hydrogens is 1270 g/mol. The zero-order chi connectivity index (χ0) is 69.2. The van der Waals surface area contributed by atoms with E-state index in [0.29, 0.717) is 16.7 Å². The lowest BCUT2D eigenvalue weighted by Crippen LogP contribution is -2.16. The van der Waals surface area contributed by atoms with Crippen molar-refractivity contribution in [3.05, 3.63) is 343 Å². The number of hydrogen-bond donors (Lipinski definition) is 0. The number of aromatic nitrogens is 5. The summed E-state index contributed by atoms with van der Waals surface area (Å²) in [5.41, 5.74) is 27.5. The maximum absolute atomic E-state index is 11.3. The van der Waals surface area contributed by atoms with Crippen LogP contribution in [0, 0.1) is 34.0 Å². The van der Waals surface area contributed by atoms with Crippen molar-refractivity contribution in [3.63, 3.8) is 0 Å². The van der Waals surface area contributed by atoms with Crippen LogP contribution in [-0.4, -0.2) is 22.8 Å². The van der Waals surface area contributed by atoms with Crippen molar-refractivity contribution < 1.29 is 0 Å². The van der Waals surface area contributed by atoms with Crippen LogP contribution in [0.1, 0.15) is 41.7 Å². The van der Waals surface area contributed by atoms with E-state index in [2.05, 4.69) is 346 Å². The molecule has 8 nitrogen and oxygen atoms in total. The molecule has 21 rings (SSSR count). The number of nitrogens with zero attached hydrogens (tertiary/aromatic N) is 8. The second-order valence-corrected chi connectivity index (χ2v) is 28.0. The Morgan fingerprint density at radius 3 is 1.22 bits per heavy atom. The SMILES string of the molecule is CC1(C)c2cc(-c3ccc(-n4c5ccccc5c5ccc6c(c7ccccc7n6-c6ccc(-c7ccccc7-n7c8ccccc8c8ccccc87)c(C#N)c6)c54)cc3)ccc2-c2ccc3c4ccccc4n(-c4ccc(-c5ccc(C#N)cc5-n5c6ccccc6c6ccccc65)c(C#N)c4)c3c21. The molecule has 0 aliphatic heterocycles. The molecule has 0 unspecified atom stereocenters. The van der Waals surface area contributed by atoms with Crippen LogP contribution in [0.4, 0.5) is 0 Å². The van der Waals surface area contributed by atoms with Gasteiger partial charge in [0.1, 0.15) is 0 Å². The summed E-state index contributed by atoms with van der Waals surface area (Å²) in [6.07, 6.45) is 0. The highest BCUT2D eigenvalue weighted by molar-refractivity contribution is 6.26. The Morgan fingerprint density at radius 2 is 0.663 bits per heavy atom. The molecule has 20 aromatic rings. The average Bonchev–Trinajstić information content (AvgIpc) is 1.55. The van der Waals surface area contributed by atoms with Crippen molar-refractivity contribution in [2.45, 2.75) is 19.3 Å². The Balaban J connectivity index is 0.659. The number of fused-ring (bicyclic) bond motifs is 20. The minimum Gasteiger partial charge on any atom is -0.309 e. The molecule has 15 aromatic carbocycles. The van der Waals surface area contributed by atoms with Gasteiger partial charge in [-0.25, -0.2) is 0 Å². The van der Waals surface area contributed by atoms with Crippen molar-refractivity contribution in [2.24, 2.45) is 0 Å². The van der Waals surface area contributed by atoms with Crippen molar-refractivity contribution in [3.8, 4) is 91.2 Å². The predicted molar refractivity (Wildman–Crippen MR) is 426 cm³/mol. The smallest absolute Gasteiger partial charge is 0.0998 e. The monoisotopic (exact) mass is 1320 g/mol. The fourth-order valence-electron chi connectivity index (χ4n) is 17.9. The van der Waals surface area contributed by atoms with Crippen LogP contribution in [0.15, 0.2) is 315 Å². The molecule has 0 N–H and O–H groups in total. The first-order valence-electron chi connectivity index (χ1n) is 35.2. The van der Waals surface area contributed by atoms with Crippen molar-refractivity contribution in [1.82, 2.24) is 22.8 Å². The summed E-state index contributed by atoms with van der Waals surface area (Å²) in [5, 5.41) is 44.3. The third-order valence-corrected chi connectivity index (χ3v) is 22.4. The van der Waals surface area contributed by atoms with E-state index >= 15 is 0 Å². The fourth-order valence-corrected chi connectivity index (χ4v) is 17.9. The summed E-state index contributed by atoms with van der Waals surface area (Å²) in [5.74, 6) is 0. The Labute approximate surface area is 597 Å². The van der Waals surface area contributed by atoms with E-state index in [1.165, 1.54) is 43.8 Å². The lowest BCUT2D eigenvalue weighted by Gasteiger charge is -2.24. The summed E-state index contributed by atoms with van der Waals surface area (Å²) in [6.45, 7) is 4.73. The van der Waals surface area contributed by atoms with Crippen molar-refractivity contribution in [2.75, 3.05) is 0 Å². The summed E-state index contributed by atoms with van der Waals surface area (Å²) >= 11 is 0. The molecule has 0 spiro atoms. The third kappa shape index (κ3) is 8.21. The molecular formula is C96H58N8. The van der Waals surface area contributed by atoms with Gasteiger partial charge < -0.3 is 22.8 Å². The Morgan fingerprint density at radius 1 is 0.260 bits per heavy atom. The second kappa shape index (κ2) is 22.1. The van der Waals surface area contributed by atoms with Crippen molar-refractivity contribution in [1.29, 1.82) is 15.8 Å². The van der Waals surface area contributed by atoms with Gasteiger partial charge in [-0.15, -0.1) is 0 Å². The highest BCUT2D eigenvalue weighted by Gasteiger charge is 2.39. The standard InChI is InChI=1S/C96H58N8/c1-96(2)81-54-60(38-44-68(81)77-47-48-79-75-25-9-12-28-83(75)102(95(79)93(77)96)65-42-46-67(62(53-65)57-99)76-43-35-58(55-97)51-91(76)104-87-32-16-6-22-72(87)73-23-7-17-33-88(73)104)59-36-39-63(40-37-59)101-82-27-11-8-24-74(82)78-49-50-90-92(94(78)101)80-26-10-18-34-89(80)100(90)64-41-45-66(61(52-64)56-98)69-19-3-13-29-84(69)103-85-30-14-4-20-70(85)71-21-5-15-31-86(71)103/h3-54H,1-2H3. The first-order chi connectivity index (χ1) is 51.3. The molecule has 0 bridgehead atoms. The molecule has 482 valence electrons. The highest BCUT2D eigenvalue weighted by Crippen LogP contribution is 2.55. The van der Waals surface area contributed by atoms with E-state index in [1.54, 1.807) is 0 Å². The van der Waals surface area contributed by atoms with Gasteiger partial charge in [0.05, 0.1) is 101 Å². The minimum atomic E-state index is -0.435. The largest absolute Gasteiger partial charge is 0.309 e. The van der Waals surface area contributed by atoms with Gasteiger partial charge in [0.25, 0.3) is 0 Å². The number of hydrogen-bond acceptors (Lipinski definition) is 3. The summed E-state index contributed by atoms with van der Waals surface area (Å²) in [4.78, 5) is 0. The lowest BCUT2D eigenvalue weighted by atomic mass is 9.80. The van der Waals surface area contributed by atoms with Crippen LogP contribution >= 0.6 is 0 Å². The van der Waals surface area contributed by atoms with Gasteiger partial charge in [0, 0.05) is 98.6 Å². The maximum atomic E-state index is 11.3. The zero-order valence-corrected chi connectivity index (χ0v) is 56.6. The maximum Gasteiger partial charge on any atom is 0.0998 e. The molecule has 5 aromatic heterocycles. The topological polar surface area (TPSA) is 96.0 Å². The van der Waals surface area contributed by atoms with Gasteiger partial charge in [-0.3, -0.25) is 0 Å². The molecule has 0 saturated heterocycles. The van der Waals surface area contributed by atoms with Crippen LogP contribution in [0.25, 0.3) is 182 Å². The van der Waals surface area contributed by atoms with Gasteiger partial charge in [0.15, 0.2) is 0 Å². The molecule has 0 radical (unpaired) electrons. The lowest BCUT2D eigenvalue weighted by molar-refractivity contribution is 0.664. The summed E-state index contributed by atoms with van der Waals surface area (Å²) < 4.78 is 11.7. The average molecular weight is 1320 g/mol. The number of nitriles is 3. The molecule has 104 heavy (non-hydrogen) atoms. The van der Waals surface area contributed by atoms with Gasteiger partial charge in [-0.05, 0) is 143 Å². The molecule has 8 heteroatoms. The van der Waals surface area contributed by atoms with E-state index in [4.69, 9.17) is 0 Å². The normalized spacial score (nSPS) is 12.6. The fraction of sp³-hybridized carbons (Fsp3) is 0.0312. The van der Waals surface area contributed by atoms with Crippen LogP contribution in [0.2, 0.25) is 0 Å². The molecule has 0 saturated carbocycles. The molecule has 1 aliphatic rings. The number of rotatable bonds is 8. The predicted octanol–water partition coefficient (Wildman–Crippen LogP) is 24.1. The molecule has 5 heterocycles. The van der Waals surface area contributed by atoms with Gasteiger partial charge >= 0.3 is 0 Å². The van der Waals surface area contributed by atoms with Crippen LogP contribution in [0.3, 0.4) is 0 Å². The zero-order valence-electron chi connectivity index (χ0n) is 56.6. The van der Waals surface area contributed by atoms with Gasteiger partial charge in [-0.1, -0.05) is 220 Å². The number of benzene rings is 15. The first-order valence-corrected chi connectivity index (χ1v) is 35.2. The van der Waals surface area contributed by atoms with Crippen LogP contribution in [-0.2, 0) is 5.41 Å². The third-order valence-electron chi connectivity index (χ3n) is 22.4. The Kier molecular flexibility index (Phi) is 12.5. The van der Waals surface area contributed by atoms with Gasteiger partial charge in [-0.2, -0.15) is 15.8 Å². The summed E-state index contributed by atoms with van der Waals surface area (Å²) in [7, 11) is 0.